The Hall–Kier alpha value is -2.42. The van der Waals surface area contributed by atoms with Gasteiger partial charge in [0.05, 0.1) is 25.2 Å². The predicted octanol–water partition coefficient (Wildman–Crippen LogP) is 2.30. The van der Waals surface area contributed by atoms with Crippen LogP contribution in [0.5, 0.6) is 5.75 Å². The van der Waals surface area contributed by atoms with Crippen molar-refractivity contribution in [2.24, 2.45) is 0 Å². The number of morpholine rings is 1. The van der Waals surface area contributed by atoms with Gasteiger partial charge in [-0.25, -0.2) is 8.42 Å². The summed E-state index contributed by atoms with van der Waals surface area (Å²) < 4.78 is 37.7. The van der Waals surface area contributed by atoms with E-state index in [0.29, 0.717) is 38.4 Å². The van der Waals surface area contributed by atoms with Gasteiger partial charge in [-0.1, -0.05) is 18.2 Å². The van der Waals surface area contributed by atoms with Crippen molar-refractivity contribution < 1.29 is 22.7 Å². The number of amides is 1. The van der Waals surface area contributed by atoms with Gasteiger partial charge in [-0.3, -0.25) is 4.79 Å². The van der Waals surface area contributed by atoms with Crippen LogP contribution in [0.4, 0.5) is 0 Å². The number of benzene rings is 2. The van der Waals surface area contributed by atoms with Crippen LogP contribution >= 0.6 is 0 Å². The zero-order chi connectivity index (χ0) is 21.0. The summed E-state index contributed by atoms with van der Waals surface area (Å²) in [6, 6.07) is 12.2. The Morgan fingerprint density at radius 2 is 1.90 bits per heavy atom. The van der Waals surface area contributed by atoms with Crippen LogP contribution < -0.4 is 4.74 Å². The van der Waals surface area contributed by atoms with Crippen molar-refractivity contribution in [1.82, 2.24) is 9.21 Å². The maximum atomic E-state index is 13.0. The zero-order valence-corrected chi connectivity index (χ0v) is 17.7. The fraction of sp³-hybridized carbons (Fsp3) is 0.381. The van der Waals surface area contributed by atoms with Crippen LogP contribution in [0.15, 0.2) is 47.4 Å². The van der Waals surface area contributed by atoms with Gasteiger partial charge in [0.15, 0.2) is 0 Å². The molecule has 1 saturated heterocycles. The van der Waals surface area contributed by atoms with Gasteiger partial charge in [-0.05, 0) is 42.3 Å². The standard InChI is InChI=1S/C21H26N2O5S/c1-16-7-8-19(29(25,26)23-9-11-28-12-10-23)14-20(16)21(24)22(2)15-17-5-4-6-18(13-17)27-3/h4-8,13-14H,9-12,15H2,1-3H3. The van der Waals surface area contributed by atoms with Gasteiger partial charge in [-0.2, -0.15) is 4.31 Å². The molecule has 156 valence electrons. The van der Waals surface area contributed by atoms with E-state index in [-0.39, 0.29) is 10.8 Å². The van der Waals surface area contributed by atoms with Crippen LogP contribution in [0.2, 0.25) is 0 Å². The molecule has 2 aromatic carbocycles. The van der Waals surface area contributed by atoms with Crippen LogP contribution in [0.25, 0.3) is 0 Å². The summed E-state index contributed by atoms with van der Waals surface area (Å²) in [6.07, 6.45) is 0. The number of sulfonamides is 1. The topological polar surface area (TPSA) is 76.2 Å². The Morgan fingerprint density at radius 1 is 1.17 bits per heavy atom. The Bertz CT molecular complexity index is 984. The number of rotatable bonds is 6. The molecule has 3 rings (SSSR count). The fourth-order valence-corrected chi connectivity index (χ4v) is 4.68. The second kappa shape index (κ2) is 8.94. The van der Waals surface area contributed by atoms with Crippen LogP contribution in [-0.4, -0.2) is 64.0 Å². The number of aryl methyl sites for hydroxylation is 1. The second-order valence-electron chi connectivity index (χ2n) is 7.01. The fourth-order valence-electron chi connectivity index (χ4n) is 3.25. The highest BCUT2D eigenvalue weighted by atomic mass is 32.2. The van der Waals surface area contributed by atoms with E-state index in [1.165, 1.54) is 10.4 Å². The molecule has 0 spiro atoms. The van der Waals surface area contributed by atoms with Crippen molar-refractivity contribution >= 4 is 15.9 Å². The van der Waals surface area contributed by atoms with Crippen molar-refractivity contribution in [2.45, 2.75) is 18.4 Å². The van der Waals surface area contributed by atoms with Gasteiger partial charge in [0.1, 0.15) is 5.75 Å². The molecule has 0 saturated carbocycles. The van der Waals surface area contributed by atoms with Gasteiger partial charge in [0.25, 0.3) is 5.91 Å². The van der Waals surface area contributed by atoms with E-state index in [4.69, 9.17) is 9.47 Å². The normalized spacial score (nSPS) is 15.1. The average Bonchev–Trinajstić information content (AvgIpc) is 2.74. The van der Waals surface area contributed by atoms with Crippen molar-refractivity contribution in [3.63, 3.8) is 0 Å². The van der Waals surface area contributed by atoms with Crippen LogP contribution in [-0.2, 0) is 21.3 Å². The van der Waals surface area contributed by atoms with E-state index < -0.39 is 10.0 Å². The van der Waals surface area contributed by atoms with Gasteiger partial charge >= 0.3 is 0 Å². The molecule has 8 heteroatoms. The summed E-state index contributed by atoms with van der Waals surface area (Å²) >= 11 is 0. The lowest BCUT2D eigenvalue weighted by atomic mass is 10.1. The number of methoxy groups -OCH3 is 1. The van der Waals surface area contributed by atoms with E-state index in [0.717, 1.165) is 16.9 Å². The molecule has 0 radical (unpaired) electrons. The first-order valence-electron chi connectivity index (χ1n) is 9.40. The molecule has 29 heavy (non-hydrogen) atoms. The third kappa shape index (κ3) is 4.77. The van der Waals surface area contributed by atoms with E-state index in [9.17, 15) is 13.2 Å². The van der Waals surface area contributed by atoms with Crippen molar-refractivity contribution in [3.05, 3.63) is 59.2 Å². The minimum absolute atomic E-state index is 0.128. The number of ether oxygens (including phenoxy) is 2. The summed E-state index contributed by atoms with van der Waals surface area (Å²) in [6.45, 7) is 3.57. The monoisotopic (exact) mass is 418 g/mol. The highest BCUT2D eigenvalue weighted by molar-refractivity contribution is 7.89. The SMILES string of the molecule is COc1cccc(CN(C)C(=O)c2cc(S(=O)(=O)N3CCOCC3)ccc2C)c1. The van der Waals surface area contributed by atoms with Crippen LogP contribution in [0.3, 0.4) is 0 Å². The summed E-state index contributed by atoms with van der Waals surface area (Å²) in [5, 5.41) is 0. The second-order valence-corrected chi connectivity index (χ2v) is 8.94. The molecule has 7 nitrogen and oxygen atoms in total. The molecule has 0 unspecified atom stereocenters. The molecule has 2 aromatic rings. The molecule has 0 aliphatic carbocycles. The average molecular weight is 419 g/mol. The zero-order valence-electron chi connectivity index (χ0n) is 16.9. The summed E-state index contributed by atoms with van der Waals surface area (Å²) in [5.41, 5.74) is 2.04. The van der Waals surface area contributed by atoms with E-state index in [1.54, 1.807) is 38.1 Å². The summed E-state index contributed by atoms with van der Waals surface area (Å²) in [5.74, 6) is 0.488. The molecule has 0 aromatic heterocycles. The van der Waals surface area contributed by atoms with Crippen LogP contribution in [0.1, 0.15) is 21.5 Å². The quantitative estimate of drug-likeness (QED) is 0.720. The number of hydrogen-bond acceptors (Lipinski definition) is 5. The largest absolute Gasteiger partial charge is 0.497 e. The highest BCUT2D eigenvalue weighted by Gasteiger charge is 2.27. The molecule has 0 bridgehead atoms. The van der Waals surface area contributed by atoms with E-state index >= 15 is 0 Å². The molecular formula is C21H26N2O5S. The minimum atomic E-state index is -3.66. The smallest absolute Gasteiger partial charge is 0.254 e. The lowest BCUT2D eigenvalue weighted by Gasteiger charge is -2.26. The van der Waals surface area contributed by atoms with Crippen molar-refractivity contribution in [2.75, 3.05) is 40.5 Å². The van der Waals surface area contributed by atoms with E-state index in [2.05, 4.69) is 0 Å². The van der Waals surface area contributed by atoms with Crippen molar-refractivity contribution in [1.29, 1.82) is 0 Å². The lowest BCUT2D eigenvalue weighted by molar-refractivity contribution is 0.0730. The highest BCUT2D eigenvalue weighted by Crippen LogP contribution is 2.22. The number of carbonyl (C=O) groups excluding carboxylic acids is 1. The Morgan fingerprint density at radius 3 is 2.59 bits per heavy atom. The minimum Gasteiger partial charge on any atom is -0.497 e. The maximum Gasteiger partial charge on any atom is 0.254 e. The molecule has 1 aliphatic rings. The van der Waals surface area contributed by atoms with Gasteiger partial charge < -0.3 is 14.4 Å². The molecule has 0 N–H and O–H groups in total. The first-order chi connectivity index (χ1) is 13.8. The Balaban J connectivity index is 1.83. The Kier molecular flexibility index (Phi) is 6.56. The lowest BCUT2D eigenvalue weighted by Crippen LogP contribution is -2.40. The molecule has 0 atom stereocenters. The number of nitrogens with zero attached hydrogens (tertiary/aromatic N) is 2. The van der Waals surface area contributed by atoms with Gasteiger partial charge in [-0.15, -0.1) is 0 Å². The van der Waals surface area contributed by atoms with E-state index in [1.807, 2.05) is 24.3 Å². The predicted molar refractivity (Wildman–Crippen MR) is 110 cm³/mol. The third-order valence-corrected chi connectivity index (χ3v) is 6.84. The Labute approximate surface area is 171 Å². The van der Waals surface area contributed by atoms with Gasteiger partial charge in [0, 0.05) is 32.2 Å². The van der Waals surface area contributed by atoms with Crippen LogP contribution in [0, 0.1) is 6.92 Å². The molecule has 1 aliphatic heterocycles. The molecule has 1 fully saturated rings. The third-order valence-electron chi connectivity index (χ3n) is 4.95. The van der Waals surface area contributed by atoms with Gasteiger partial charge in [0.2, 0.25) is 10.0 Å². The first-order valence-corrected chi connectivity index (χ1v) is 10.8. The number of hydrogen-bond donors (Lipinski definition) is 0. The van der Waals surface area contributed by atoms with Crippen molar-refractivity contribution in [3.8, 4) is 5.75 Å². The molecule has 1 amide bonds. The first kappa shape index (κ1) is 21.3. The maximum absolute atomic E-state index is 13.0. The number of carbonyl (C=O) groups is 1. The summed E-state index contributed by atoms with van der Waals surface area (Å²) in [7, 11) is -0.369. The summed E-state index contributed by atoms with van der Waals surface area (Å²) in [4.78, 5) is 14.7. The molecular weight excluding hydrogens is 392 g/mol. The molecule has 1 heterocycles.